The lowest BCUT2D eigenvalue weighted by Gasteiger charge is -2.46. The zero-order valence-electron chi connectivity index (χ0n) is 10.5. The summed E-state index contributed by atoms with van der Waals surface area (Å²) in [6.45, 7) is 8.04. The molecule has 1 amide bonds. The van der Waals surface area contributed by atoms with Gasteiger partial charge in [-0.1, -0.05) is 20.8 Å². The number of Topliss-reactive ketones (excluding diaryl/α,β-unsaturated/α-hetero) is 1. The molecule has 2 atom stereocenters. The monoisotopic (exact) mass is 227 g/mol. The van der Waals surface area contributed by atoms with Crippen LogP contribution in [-0.2, 0) is 9.53 Å². The molecule has 0 aromatic carbocycles. The number of hydrogen-bond acceptors (Lipinski definition) is 3. The highest BCUT2D eigenvalue weighted by molar-refractivity contribution is 5.80. The van der Waals surface area contributed by atoms with Crippen LogP contribution in [-0.4, -0.2) is 17.5 Å². The number of rotatable bonds is 1. The molecule has 2 unspecified atom stereocenters. The van der Waals surface area contributed by atoms with Crippen LogP contribution >= 0.6 is 0 Å². The molecule has 0 aromatic rings. The predicted octanol–water partition coefficient (Wildman–Crippen LogP) is 2.26. The van der Waals surface area contributed by atoms with Crippen molar-refractivity contribution in [2.45, 2.75) is 52.6 Å². The molecule has 0 spiro atoms. The average Bonchev–Trinajstić information content (AvgIpc) is 2.06. The molecule has 16 heavy (non-hydrogen) atoms. The van der Waals surface area contributed by atoms with Gasteiger partial charge in [-0.05, 0) is 18.8 Å². The molecule has 92 valence electrons. The van der Waals surface area contributed by atoms with E-state index in [2.05, 4.69) is 20.8 Å². The summed E-state index contributed by atoms with van der Waals surface area (Å²) in [5, 5.41) is 0. The lowest BCUT2D eigenvalue weighted by molar-refractivity contribution is -0.136. The minimum Gasteiger partial charge on any atom is -0.443 e. The summed E-state index contributed by atoms with van der Waals surface area (Å²) in [6.07, 6.45) is 0.742. The maximum atomic E-state index is 11.5. The van der Waals surface area contributed by atoms with E-state index >= 15 is 0 Å². The molecule has 2 N–H and O–H groups in total. The molecule has 1 rings (SSSR count). The number of carbonyl (C=O) groups is 2. The molecule has 0 heterocycles. The Morgan fingerprint density at radius 1 is 1.50 bits per heavy atom. The molecule has 1 aliphatic rings. The topological polar surface area (TPSA) is 69.4 Å². The second-order valence-corrected chi connectivity index (χ2v) is 5.90. The van der Waals surface area contributed by atoms with E-state index in [0.717, 1.165) is 0 Å². The fourth-order valence-electron chi connectivity index (χ4n) is 2.68. The van der Waals surface area contributed by atoms with E-state index in [-0.39, 0.29) is 17.1 Å². The third-order valence-electron chi connectivity index (χ3n) is 3.45. The minimum absolute atomic E-state index is 0.0220. The molecule has 0 aliphatic heterocycles. The van der Waals surface area contributed by atoms with Crippen LogP contribution in [0.1, 0.15) is 47.0 Å². The largest absolute Gasteiger partial charge is 0.443 e. The minimum atomic E-state index is -0.758. The van der Waals surface area contributed by atoms with Gasteiger partial charge in [0.05, 0.1) is 0 Å². The van der Waals surface area contributed by atoms with Crippen LogP contribution in [0, 0.1) is 11.3 Å². The average molecular weight is 227 g/mol. The van der Waals surface area contributed by atoms with Gasteiger partial charge in [0.2, 0.25) is 0 Å². The van der Waals surface area contributed by atoms with Crippen LogP contribution in [0.4, 0.5) is 4.79 Å². The van der Waals surface area contributed by atoms with Gasteiger partial charge in [-0.25, -0.2) is 4.79 Å². The molecule has 4 nitrogen and oxygen atoms in total. The Balaban J connectivity index is 2.95. The summed E-state index contributed by atoms with van der Waals surface area (Å²) in [7, 11) is 0. The second-order valence-electron chi connectivity index (χ2n) is 5.90. The van der Waals surface area contributed by atoms with Gasteiger partial charge in [0, 0.05) is 18.8 Å². The molecule has 0 aromatic heterocycles. The number of ether oxygens (including phenoxy) is 1. The fourth-order valence-corrected chi connectivity index (χ4v) is 2.68. The number of hydrogen-bond donors (Lipinski definition) is 1. The fraction of sp³-hybridized carbons (Fsp3) is 0.833. The summed E-state index contributed by atoms with van der Waals surface area (Å²) in [5.41, 5.74) is 4.41. The quantitative estimate of drug-likeness (QED) is 0.747. The Morgan fingerprint density at radius 2 is 2.06 bits per heavy atom. The third kappa shape index (κ3) is 2.74. The Hall–Kier alpha value is -1.06. The maximum absolute atomic E-state index is 11.5. The van der Waals surface area contributed by atoms with Crippen molar-refractivity contribution >= 4 is 11.9 Å². The van der Waals surface area contributed by atoms with Crippen LogP contribution in [0.3, 0.4) is 0 Å². The van der Waals surface area contributed by atoms with Gasteiger partial charge >= 0.3 is 6.09 Å². The third-order valence-corrected chi connectivity index (χ3v) is 3.45. The highest BCUT2D eigenvalue weighted by Gasteiger charge is 2.47. The van der Waals surface area contributed by atoms with Crippen molar-refractivity contribution in [3.8, 4) is 0 Å². The van der Waals surface area contributed by atoms with Crippen LogP contribution in [0.2, 0.25) is 0 Å². The van der Waals surface area contributed by atoms with E-state index < -0.39 is 11.7 Å². The normalized spacial score (nSPS) is 31.2. The molecular formula is C12H21NO3. The molecule has 1 aliphatic carbocycles. The molecular weight excluding hydrogens is 206 g/mol. The van der Waals surface area contributed by atoms with Gasteiger partial charge in [-0.3, -0.25) is 4.79 Å². The van der Waals surface area contributed by atoms with Gasteiger partial charge in [0.25, 0.3) is 0 Å². The summed E-state index contributed by atoms with van der Waals surface area (Å²) < 4.78 is 5.25. The molecule has 1 saturated carbocycles. The van der Waals surface area contributed by atoms with Crippen LogP contribution in [0.15, 0.2) is 0 Å². The molecule has 0 saturated heterocycles. The first-order chi connectivity index (χ1) is 7.15. The molecule has 0 radical (unpaired) electrons. The highest BCUT2D eigenvalue weighted by atomic mass is 16.6. The van der Waals surface area contributed by atoms with Crippen molar-refractivity contribution < 1.29 is 14.3 Å². The summed E-state index contributed by atoms with van der Waals surface area (Å²) in [5.74, 6) is 0.263. The predicted molar refractivity (Wildman–Crippen MR) is 60.9 cm³/mol. The van der Waals surface area contributed by atoms with E-state index in [4.69, 9.17) is 10.5 Å². The number of carbonyl (C=O) groups excluding carboxylic acids is 2. The Kier molecular flexibility index (Phi) is 3.31. The van der Waals surface area contributed by atoms with Crippen LogP contribution < -0.4 is 5.73 Å². The van der Waals surface area contributed by atoms with E-state index in [0.29, 0.717) is 19.3 Å². The highest BCUT2D eigenvalue weighted by Crippen LogP contribution is 2.45. The van der Waals surface area contributed by atoms with Crippen molar-refractivity contribution in [2.24, 2.45) is 17.1 Å². The van der Waals surface area contributed by atoms with Crippen LogP contribution in [0.25, 0.3) is 0 Å². The van der Waals surface area contributed by atoms with Gasteiger partial charge in [0.1, 0.15) is 11.4 Å². The Bertz CT molecular complexity index is 306. The van der Waals surface area contributed by atoms with Crippen molar-refractivity contribution in [2.75, 3.05) is 0 Å². The Labute approximate surface area is 96.5 Å². The number of primary amides is 1. The van der Waals surface area contributed by atoms with Crippen molar-refractivity contribution in [3.05, 3.63) is 0 Å². The molecule has 4 heteroatoms. The van der Waals surface area contributed by atoms with Crippen LogP contribution in [0.5, 0.6) is 0 Å². The molecule has 0 bridgehead atoms. The standard InChI is InChI=1S/C12H21NO3/c1-11(2,3)9-7-8(14)5-6-12(9,4)16-10(13)15/h9H,5-7H2,1-4H3,(H2,13,15). The summed E-state index contributed by atoms with van der Waals surface area (Å²) in [4.78, 5) is 22.5. The Morgan fingerprint density at radius 3 is 2.50 bits per heavy atom. The van der Waals surface area contributed by atoms with E-state index in [1.807, 2.05) is 6.92 Å². The second kappa shape index (κ2) is 4.07. The smallest absolute Gasteiger partial charge is 0.405 e. The number of ketones is 1. The van der Waals surface area contributed by atoms with Gasteiger partial charge in [-0.15, -0.1) is 0 Å². The molecule has 1 fully saturated rings. The van der Waals surface area contributed by atoms with Crippen molar-refractivity contribution in [1.82, 2.24) is 0 Å². The summed E-state index contributed by atoms with van der Waals surface area (Å²) in [6, 6.07) is 0. The lowest BCUT2D eigenvalue weighted by atomic mass is 9.64. The first-order valence-electron chi connectivity index (χ1n) is 5.65. The first kappa shape index (κ1) is 13.0. The number of nitrogens with two attached hydrogens (primary N) is 1. The number of amides is 1. The zero-order chi connectivity index (χ0) is 12.6. The first-order valence-corrected chi connectivity index (χ1v) is 5.65. The van der Waals surface area contributed by atoms with Gasteiger partial charge in [0.15, 0.2) is 0 Å². The van der Waals surface area contributed by atoms with Gasteiger partial charge < -0.3 is 10.5 Å². The van der Waals surface area contributed by atoms with E-state index in [9.17, 15) is 9.59 Å². The lowest BCUT2D eigenvalue weighted by Crippen LogP contribution is -2.50. The zero-order valence-corrected chi connectivity index (χ0v) is 10.5. The maximum Gasteiger partial charge on any atom is 0.405 e. The summed E-state index contributed by atoms with van der Waals surface area (Å²) >= 11 is 0. The van der Waals surface area contributed by atoms with Gasteiger partial charge in [-0.2, -0.15) is 0 Å². The van der Waals surface area contributed by atoms with Crippen molar-refractivity contribution in [1.29, 1.82) is 0 Å². The van der Waals surface area contributed by atoms with E-state index in [1.165, 1.54) is 0 Å². The SMILES string of the molecule is CC(C)(C)C1CC(=O)CCC1(C)OC(N)=O. The van der Waals surface area contributed by atoms with E-state index in [1.54, 1.807) is 0 Å². The van der Waals surface area contributed by atoms with Crippen molar-refractivity contribution in [3.63, 3.8) is 0 Å².